The molecule has 1 aliphatic rings. The van der Waals surface area contributed by atoms with Crippen LogP contribution in [0.2, 0.25) is 0 Å². The van der Waals surface area contributed by atoms with E-state index in [0.29, 0.717) is 0 Å². The van der Waals surface area contributed by atoms with E-state index in [1.54, 1.807) is 0 Å². The number of fused-ring (bicyclic) bond motifs is 1. The van der Waals surface area contributed by atoms with Gasteiger partial charge in [0.25, 0.3) is 15.7 Å². The number of para-hydroxylation sites is 1. The predicted octanol–water partition coefficient (Wildman–Crippen LogP) is 2.34. The van der Waals surface area contributed by atoms with Gasteiger partial charge in [-0.2, -0.15) is 0 Å². The largest absolute Gasteiger partial charge is 0.289 e. The number of aryl methyl sites for hydroxylation is 2. The summed E-state index contributed by atoms with van der Waals surface area (Å²) in [4.78, 5) is 15.2. The van der Waals surface area contributed by atoms with Gasteiger partial charge in [-0.25, -0.2) is 13.4 Å². The molecule has 0 bridgehead atoms. The van der Waals surface area contributed by atoms with Crippen molar-refractivity contribution < 1.29 is 13.3 Å². The van der Waals surface area contributed by atoms with Crippen LogP contribution in [0.1, 0.15) is 17.0 Å². The quantitative estimate of drug-likeness (QED) is 0.686. The van der Waals surface area contributed by atoms with Crippen molar-refractivity contribution in [1.82, 2.24) is 4.98 Å². The van der Waals surface area contributed by atoms with Gasteiger partial charge in [-0.1, -0.05) is 12.1 Å². The summed E-state index contributed by atoms with van der Waals surface area (Å²) in [6.07, 6.45) is 2.78. The summed E-state index contributed by atoms with van der Waals surface area (Å²) in [5.74, 6) is 0. The molecule has 0 amide bonds. The van der Waals surface area contributed by atoms with Gasteiger partial charge < -0.3 is 0 Å². The molecule has 0 unspecified atom stereocenters. The van der Waals surface area contributed by atoms with Crippen molar-refractivity contribution in [2.45, 2.75) is 24.2 Å². The van der Waals surface area contributed by atoms with Crippen LogP contribution in [0.5, 0.6) is 0 Å². The first-order valence-corrected chi connectivity index (χ1v) is 8.52. The molecule has 3 rings (SSSR count). The number of nitrogens with zero attached hydrogens (tertiary/aromatic N) is 2. The maximum absolute atomic E-state index is 12.3. The lowest BCUT2D eigenvalue weighted by Gasteiger charge is -2.05. The van der Waals surface area contributed by atoms with Crippen LogP contribution < -0.4 is 4.72 Å². The fraction of sp³-hybridized carbons (Fsp3) is 0.250. The molecule has 1 aromatic heterocycles. The molecule has 0 spiro atoms. The van der Waals surface area contributed by atoms with Crippen LogP contribution >= 0.6 is 11.3 Å². The van der Waals surface area contributed by atoms with E-state index in [2.05, 4.69) is 9.71 Å². The number of aromatic nitrogens is 1. The maximum atomic E-state index is 12.3. The first kappa shape index (κ1) is 14.0. The molecule has 0 aliphatic heterocycles. The van der Waals surface area contributed by atoms with E-state index in [4.69, 9.17) is 0 Å². The van der Waals surface area contributed by atoms with Gasteiger partial charge in [0.1, 0.15) is 0 Å². The summed E-state index contributed by atoms with van der Waals surface area (Å²) in [5, 5.41) is 11.2. The van der Waals surface area contributed by atoms with Gasteiger partial charge in [0, 0.05) is 10.9 Å². The van der Waals surface area contributed by atoms with Gasteiger partial charge in [-0.15, -0.1) is 11.3 Å². The molecule has 0 saturated heterocycles. The number of anilines is 1. The standard InChI is InChI=1S/C12H11N3O4S2/c16-15(17)9-5-1-2-7-11(9)21(18,19)14-12-13-8-4-3-6-10(8)20-12/h1-2,5,7H,3-4,6H2,(H,13,14). The fourth-order valence-corrected chi connectivity index (χ4v) is 4.70. The lowest BCUT2D eigenvalue weighted by atomic mass is 10.3. The lowest BCUT2D eigenvalue weighted by molar-refractivity contribution is -0.387. The number of benzene rings is 1. The number of nitro benzene ring substituents is 1. The summed E-state index contributed by atoms with van der Waals surface area (Å²) < 4.78 is 26.9. The molecule has 0 fully saturated rings. The van der Waals surface area contributed by atoms with Crippen LogP contribution in [0, 0.1) is 10.1 Å². The molecular formula is C12H11N3O4S2. The van der Waals surface area contributed by atoms with Crippen molar-refractivity contribution in [3.63, 3.8) is 0 Å². The molecule has 1 N–H and O–H groups in total. The molecule has 1 aromatic carbocycles. The maximum Gasteiger partial charge on any atom is 0.289 e. The summed E-state index contributed by atoms with van der Waals surface area (Å²) in [6, 6.07) is 5.25. The highest BCUT2D eigenvalue weighted by atomic mass is 32.2. The van der Waals surface area contributed by atoms with Gasteiger partial charge in [0.05, 0.1) is 10.6 Å². The topological polar surface area (TPSA) is 102 Å². The van der Waals surface area contributed by atoms with Gasteiger partial charge in [0.15, 0.2) is 10.0 Å². The number of nitrogens with one attached hydrogen (secondary N) is 1. The summed E-state index contributed by atoms with van der Waals surface area (Å²) in [5.41, 5.74) is 0.467. The highest BCUT2D eigenvalue weighted by Crippen LogP contribution is 2.32. The van der Waals surface area contributed by atoms with Crippen LogP contribution in [-0.4, -0.2) is 18.3 Å². The molecule has 0 radical (unpaired) electrons. The van der Waals surface area contributed by atoms with E-state index in [1.807, 2.05) is 0 Å². The second-order valence-electron chi connectivity index (χ2n) is 4.57. The smallest absolute Gasteiger partial charge is 0.258 e. The Morgan fingerprint density at radius 3 is 2.76 bits per heavy atom. The molecule has 9 heteroatoms. The van der Waals surface area contributed by atoms with Crippen LogP contribution in [0.15, 0.2) is 29.2 Å². The fourth-order valence-electron chi connectivity index (χ4n) is 2.24. The number of thiazole rings is 1. The van der Waals surface area contributed by atoms with Gasteiger partial charge in [-0.05, 0) is 25.3 Å². The Kier molecular flexibility index (Phi) is 3.38. The normalized spacial score (nSPS) is 13.9. The Balaban J connectivity index is 1.95. The number of sulfonamides is 1. The van der Waals surface area contributed by atoms with E-state index >= 15 is 0 Å². The van der Waals surface area contributed by atoms with Crippen LogP contribution in [0.4, 0.5) is 10.8 Å². The molecule has 1 heterocycles. The molecule has 21 heavy (non-hydrogen) atoms. The number of nitro groups is 1. The zero-order valence-corrected chi connectivity index (χ0v) is 12.4. The van der Waals surface area contributed by atoms with E-state index in [1.165, 1.54) is 29.5 Å². The Labute approximate surface area is 124 Å². The summed E-state index contributed by atoms with van der Waals surface area (Å²) in [6.45, 7) is 0. The minimum absolute atomic E-state index is 0.262. The van der Waals surface area contributed by atoms with Crippen molar-refractivity contribution >= 4 is 32.2 Å². The van der Waals surface area contributed by atoms with Crippen molar-refractivity contribution in [2.75, 3.05) is 4.72 Å². The van der Waals surface area contributed by atoms with Crippen LogP contribution in [0.3, 0.4) is 0 Å². The van der Waals surface area contributed by atoms with E-state index in [0.717, 1.165) is 35.9 Å². The molecule has 110 valence electrons. The van der Waals surface area contributed by atoms with Gasteiger partial charge in [-0.3, -0.25) is 14.8 Å². The third-order valence-electron chi connectivity index (χ3n) is 3.17. The monoisotopic (exact) mass is 325 g/mol. The predicted molar refractivity (Wildman–Crippen MR) is 78.0 cm³/mol. The second kappa shape index (κ2) is 5.08. The Morgan fingerprint density at radius 1 is 1.29 bits per heavy atom. The minimum atomic E-state index is -4.02. The van der Waals surface area contributed by atoms with Crippen molar-refractivity contribution in [2.24, 2.45) is 0 Å². The Hall–Kier alpha value is -2.00. The molecule has 1 aliphatic carbocycles. The summed E-state index contributed by atoms with van der Waals surface area (Å²) >= 11 is 1.29. The zero-order chi connectivity index (χ0) is 15.0. The van der Waals surface area contributed by atoms with Gasteiger partial charge in [0.2, 0.25) is 0 Å². The Morgan fingerprint density at radius 2 is 2.05 bits per heavy atom. The molecule has 0 saturated carbocycles. The van der Waals surface area contributed by atoms with Gasteiger partial charge >= 0.3 is 0 Å². The average molecular weight is 325 g/mol. The highest BCUT2D eigenvalue weighted by molar-refractivity contribution is 7.93. The number of hydrogen-bond donors (Lipinski definition) is 1. The molecule has 7 nitrogen and oxygen atoms in total. The van der Waals surface area contributed by atoms with E-state index in [9.17, 15) is 18.5 Å². The first-order valence-electron chi connectivity index (χ1n) is 6.22. The minimum Gasteiger partial charge on any atom is -0.258 e. The first-order chi connectivity index (χ1) is 9.97. The molecule has 0 atom stereocenters. The number of hydrogen-bond acceptors (Lipinski definition) is 6. The highest BCUT2D eigenvalue weighted by Gasteiger charge is 2.27. The average Bonchev–Trinajstić information content (AvgIpc) is 2.99. The third-order valence-corrected chi connectivity index (χ3v) is 5.76. The van der Waals surface area contributed by atoms with E-state index in [-0.39, 0.29) is 10.0 Å². The molecular weight excluding hydrogens is 314 g/mol. The van der Waals surface area contributed by atoms with Crippen LogP contribution in [-0.2, 0) is 22.9 Å². The second-order valence-corrected chi connectivity index (χ2v) is 7.31. The zero-order valence-electron chi connectivity index (χ0n) is 10.8. The Bertz CT molecular complexity index is 792. The van der Waals surface area contributed by atoms with Crippen molar-refractivity contribution in [3.8, 4) is 0 Å². The molecule has 2 aromatic rings. The van der Waals surface area contributed by atoms with Crippen molar-refractivity contribution in [3.05, 3.63) is 45.0 Å². The third kappa shape index (κ3) is 2.61. The van der Waals surface area contributed by atoms with Crippen LogP contribution in [0.25, 0.3) is 0 Å². The van der Waals surface area contributed by atoms with E-state index < -0.39 is 20.6 Å². The lowest BCUT2D eigenvalue weighted by Crippen LogP contribution is -2.14. The SMILES string of the molecule is O=[N+]([O-])c1ccccc1S(=O)(=O)Nc1nc2c(s1)CCC2. The summed E-state index contributed by atoms with van der Waals surface area (Å²) in [7, 11) is -4.02. The number of rotatable bonds is 4. The van der Waals surface area contributed by atoms with Crippen molar-refractivity contribution in [1.29, 1.82) is 0 Å².